The molecule has 5 nitrogen and oxygen atoms in total. The number of amides is 2. The van der Waals surface area contributed by atoms with Crippen LogP contribution in [0.25, 0.3) is 0 Å². The summed E-state index contributed by atoms with van der Waals surface area (Å²) in [6.07, 6.45) is 2.77. The number of benzene rings is 2. The van der Waals surface area contributed by atoms with Crippen molar-refractivity contribution in [2.45, 2.75) is 19.8 Å². The average Bonchev–Trinajstić information content (AvgIpc) is 2.64. The molecule has 0 fully saturated rings. The molecule has 0 unspecified atom stereocenters. The maximum absolute atomic E-state index is 12.2. The zero-order valence-corrected chi connectivity index (χ0v) is 14.8. The third kappa shape index (κ3) is 4.11. The summed E-state index contributed by atoms with van der Waals surface area (Å²) >= 11 is 0. The number of carbonyl (C=O) groups is 2. The van der Waals surface area contributed by atoms with Gasteiger partial charge in [-0.05, 0) is 31.0 Å². The molecular weight excluding hydrogens is 328 g/mol. The van der Waals surface area contributed by atoms with Crippen molar-refractivity contribution in [1.29, 1.82) is 0 Å². The molecule has 0 saturated heterocycles. The van der Waals surface area contributed by atoms with E-state index in [0.29, 0.717) is 36.5 Å². The maximum Gasteiger partial charge on any atom is 0.265 e. The summed E-state index contributed by atoms with van der Waals surface area (Å²) in [5.41, 5.74) is 3.69. The van der Waals surface area contributed by atoms with Crippen LogP contribution in [-0.2, 0) is 16.0 Å². The molecule has 1 N–H and O–H groups in total. The van der Waals surface area contributed by atoms with Gasteiger partial charge < -0.3 is 15.0 Å². The van der Waals surface area contributed by atoms with Crippen molar-refractivity contribution in [3.05, 3.63) is 66.2 Å². The summed E-state index contributed by atoms with van der Waals surface area (Å²) in [6, 6.07) is 13.5. The van der Waals surface area contributed by atoms with Crippen molar-refractivity contribution in [3.8, 4) is 5.75 Å². The quantitative estimate of drug-likeness (QED) is 0.812. The van der Waals surface area contributed by atoms with Gasteiger partial charge in [0.1, 0.15) is 5.75 Å². The Hall–Kier alpha value is -3.08. The molecule has 0 saturated carbocycles. The number of rotatable bonds is 6. The topological polar surface area (TPSA) is 58.6 Å². The summed E-state index contributed by atoms with van der Waals surface area (Å²) < 4.78 is 5.50. The van der Waals surface area contributed by atoms with Gasteiger partial charge in [-0.1, -0.05) is 35.9 Å². The fourth-order valence-electron chi connectivity index (χ4n) is 2.85. The molecule has 1 aliphatic heterocycles. The molecule has 3 rings (SSSR count). The van der Waals surface area contributed by atoms with E-state index in [0.717, 1.165) is 5.56 Å². The van der Waals surface area contributed by atoms with Crippen molar-refractivity contribution in [1.82, 2.24) is 0 Å². The first-order valence-electron chi connectivity index (χ1n) is 8.60. The SMILES string of the molecule is C=CCN1C(=O)COc2cc(NC(=O)CCc3ccc(C)cc3)ccc21. The van der Waals surface area contributed by atoms with Crippen LogP contribution in [0.4, 0.5) is 11.4 Å². The Morgan fingerprint density at radius 2 is 2.04 bits per heavy atom. The van der Waals surface area contributed by atoms with Crippen molar-refractivity contribution in [3.63, 3.8) is 0 Å². The lowest BCUT2D eigenvalue weighted by Crippen LogP contribution is -2.38. The van der Waals surface area contributed by atoms with Gasteiger partial charge in [-0.3, -0.25) is 9.59 Å². The number of carbonyl (C=O) groups excluding carboxylic acids is 2. The minimum Gasteiger partial charge on any atom is -0.481 e. The Balaban J connectivity index is 1.63. The van der Waals surface area contributed by atoms with E-state index in [1.165, 1.54) is 5.56 Å². The molecule has 0 radical (unpaired) electrons. The molecule has 0 bridgehead atoms. The molecule has 2 amide bonds. The van der Waals surface area contributed by atoms with E-state index in [9.17, 15) is 9.59 Å². The standard InChI is InChI=1S/C21H22N2O3/c1-3-12-23-18-10-9-17(13-19(18)26-14-21(23)25)22-20(24)11-8-16-6-4-15(2)5-7-16/h3-7,9-10,13H,1,8,11-12,14H2,2H3,(H,22,24). The average molecular weight is 350 g/mol. The van der Waals surface area contributed by atoms with Gasteiger partial charge in [-0.15, -0.1) is 6.58 Å². The number of ether oxygens (including phenoxy) is 1. The second kappa shape index (κ2) is 7.87. The van der Waals surface area contributed by atoms with Crippen LogP contribution in [0.5, 0.6) is 5.75 Å². The van der Waals surface area contributed by atoms with Gasteiger partial charge in [-0.2, -0.15) is 0 Å². The van der Waals surface area contributed by atoms with Gasteiger partial charge >= 0.3 is 0 Å². The van der Waals surface area contributed by atoms with Crippen LogP contribution in [0.3, 0.4) is 0 Å². The van der Waals surface area contributed by atoms with Gasteiger partial charge in [-0.25, -0.2) is 0 Å². The normalized spacial score (nSPS) is 13.0. The van der Waals surface area contributed by atoms with Crippen LogP contribution in [0, 0.1) is 6.92 Å². The highest BCUT2D eigenvalue weighted by Crippen LogP contribution is 2.34. The molecule has 2 aromatic carbocycles. The highest BCUT2D eigenvalue weighted by atomic mass is 16.5. The Morgan fingerprint density at radius 1 is 1.27 bits per heavy atom. The second-order valence-corrected chi connectivity index (χ2v) is 6.30. The van der Waals surface area contributed by atoms with Crippen molar-refractivity contribution < 1.29 is 14.3 Å². The van der Waals surface area contributed by atoms with Gasteiger partial charge in [0.2, 0.25) is 5.91 Å². The Kier molecular flexibility index (Phi) is 5.37. The number of fused-ring (bicyclic) bond motifs is 1. The number of nitrogens with zero attached hydrogens (tertiary/aromatic N) is 1. The van der Waals surface area contributed by atoms with Crippen LogP contribution in [0.15, 0.2) is 55.1 Å². The Labute approximate surface area is 153 Å². The lowest BCUT2D eigenvalue weighted by Gasteiger charge is -2.28. The molecule has 0 atom stereocenters. The minimum atomic E-state index is -0.104. The van der Waals surface area contributed by atoms with Crippen LogP contribution >= 0.6 is 0 Å². The van der Waals surface area contributed by atoms with E-state index < -0.39 is 0 Å². The van der Waals surface area contributed by atoms with Gasteiger partial charge in [0, 0.05) is 24.7 Å². The number of hydrogen-bond acceptors (Lipinski definition) is 3. The van der Waals surface area contributed by atoms with E-state index in [-0.39, 0.29) is 18.4 Å². The van der Waals surface area contributed by atoms with Gasteiger partial charge in [0.25, 0.3) is 5.91 Å². The van der Waals surface area contributed by atoms with Crippen molar-refractivity contribution in [2.24, 2.45) is 0 Å². The number of nitrogens with one attached hydrogen (secondary N) is 1. The number of anilines is 2. The minimum absolute atomic E-state index is 0.00827. The van der Waals surface area contributed by atoms with Crippen molar-refractivity contribution >= 4 is 23.2 Å². The molecule has 1 aliphatic rings. The second-order valence-electron chi connectivity index (χ2n) is 6.30. The fourth-order valence-corrected chi connectivity index (χ4v) is 2.85. The molecule has 134 valence electrons. The first-order chi connectivity index (χ1) is 12.6. The van der Waals surface area contributed by atoms with E-state index in [2.05, 4.69) is 11.9 Å². The molecule has 5 heteroatoms. The summed E-state index contributed by atoms with van der Waals surface area (Å²) in [7, 11) is 0. The molecule has 0 aromatic heterocycles. The zero-order valence-electron chi connectivity index (χ0n) is 14.8. The highest BCUT2D eigenvalue weighted by Gasteiger charge is 2.24. The smallest absolute Gasteiger partial charge is 0.265 e. The molecule has 0 aliphatic carbocycles. The summed E-state index contributed by atoms with van der Waals surface area (Å²) in [6.45, 7) is 6.14. The molecule has 1 heterocycles. The molecule has 2 aromatic rings. The summed E-state index contributed by atoms with van der Waals surface area (Å²) in [5, 5.41) is 2.89. The number of hydrogen-bond donors (Lipinski definition) is 1. The predicted octanol–water partition coefficient (Wildman–Crippen LogP) is 3.48. The Morgan fingerprint density at radius 3 is 2.77 bits per heavy atom. The zero-order chi connectivity index (χ0) is 18.5. The van der Waals surface area contributed by atoms with E-state index in [1.54, 1.807) is 29.2 Å². The molecule has 0 spiro atoms. The van der Waals surface area contributed by atoms with Gasteiger partial charge in [0.15, 0.2) is 6.61 Å². The van der Waals surface area contributed by atoms with Crippen LogP contribution in [-0.4, -0.2) is 25.0 Å². The van der Waals surface area contributed by atoms with E-state index in [1.807, 2.05) is 31.2 Å². The van der Waals surface area contributed by atoms with Crippen molar-refractivity contribution in [2.75, 3.05) is 23.4 Å². The molecular formula is C21H22N2O3. The van der Waals surface area contributed by atoms with E-state index in [4.69, 9.17) is 4.74 Å². The predicted molar refractivity (Wildman–Crippen MR) is 103 cm³/mol. The molecule has 26 heavy (non-hydrogen) atoms. The third-order valence-corrected chi connectivity index (χ3v) is 4.26. The number of aryl methyl sites for hydroxylation is 2. The highest BCUT2D eigenvalue weighted by molar-refractivity contribution is 5.99. The third-order valence-electron chi connectivity index (χ3n) is 4.26. The van der Waals surface area contributed by atoms with E-state index >= 15 is 0 Å². The monoisotopic (exact) mass is 350 g/mol. The lowest BCUT2D eigenvalue weighted by molar-refractivity contribution is -0.121. The maximum atomic E-state index is 12.2. The Bertz CT molecular complexity index is 828. The summed E-state index contributed by atoms with van der Waals surface area (Å²) in [5.74, 6) is 0.426. The van der Waals surface area contributed by atoms with Gasteiger partial charge in [0.05, 0.1) is 5.69 Å². The van der Waals surface area contributed by atoms with Crippen LogP contribution in [0.1, 0.15) is 17.5 Å². The first-order valence-corrected chi connectivity index (χ1v) is 8.60. The summed E-state index contributed by atoms with van der Waals surface area (Å²) in [4.78, 5) is 25.8. The largest absolute Gasteiger partial charge is 0.481 e. The first kappa shape index (κ1) is 17.7. The van der Waals surface area contributed by atoms with Crippen LogP contribution < -0.4 is 15.0 Å². The van der Waals surface area contributed by atoms with Crippen LogP contribution in [0.2, 0.25) is 0 Å². The fraction of sp³-hybridized carbons (Fsp3) is 0.238. The lowest BCUT2D eigenvalue weighted by atomic mass is 10.1.